The third-order valence-corrected chi connectivity index (χ3v) is 3.77. The van der Waals surface area contributed by atoms with E-state index in [0.717, 1.165) is 18.7 Å². The van der Waals surface area contributed by atoms with E-state index in [9.17, 15) is 9.59 Å². The number of carbonyl (C=O) groups excluding carboxylic acids is 1. The van der Waals surface area contributed by atoms with Crippen molar-refractivity contribution in [2.24, 2.45) is 5.92 Å². The highest BCUT2D eigenvalue weighted by Gasteiger charge is 2.26. The Balaban J connectivity index is 1.92. The number of carboxylic acids is 1. The molecule has 0 amide bonds. The van der Waals surface area contributed by atoms with Crippen molar-refractivity contribution in [2.45, 2.75) is 32.8 Å². The molecular formula is C17H23NO4. The topological polar surface area (TPSA) is 66.8 Å². The first-order valence-corrected chi connectivity index (χ1v) is 7.71. The molecule has 1 saturated heterocycles. The van der Waals surface area contributed by atoms with Crippen LogP contribution in [-0.4, -0.2) is 47.5 Å². The van der Waals surface area contributed by atoms with E-state index in [0.29, 0.717) is 18.5 Å². The summed E-state index contributed by atoms with van der Waals surface area (Å²) in [6, 6.07) is 7.12. The van der Waals surface area contributed by atoms with Crippen molar-refractivity contribution in [1.29, 1.82) is 0 Å². The highest BCUT2D eigenvalue weighted by Crippen LogP contribution is 2.18. The summed E-state index contributed by atoms with van der Waals surface area (Å²) < 4.78 is 5.55. The van der Waals surface area contributed by atoms with Crippen LogP contribution in [0.1, 0.15) is 37.0 Å². The van der Waals surface area contributed by atoms with Gasteiger partial charge in [-0.15, -0.1) is 0 Å². The summed E-state index contributed by atoms with van der Waals surface area (Å²) in [4.78, 5) is 25.3. The van der Waals surface area contributed by atoms with Crippen molar-refractivity contribution in [3.8, 4) is 5.75 Å². The normalized spacial score (nSPS) is 19.1. The summed E-state index contributed by atoms with van der Waals surface area (Å²) in [6.07, 6.45) is 1.62. The average Bonchev–Trinajstić information content (AvgIpc) is 2.47. The molecule has 0 aromatic heterocycles. The molecule has 0 radical (unpaired) electrons. The lowest BCUT2D eigenvalue weighted by atomic mass is 9.98. The number of Topliss-reactive ketones (excluding diaryl/α,β-unsaturated/α-hetero) is 1. The van der Waals surface area contributed by atoms with Crippen LogP contribution in [0, 0.1) is 5.92 Å². The fourth-order valence-electron chi connectivity index (χ4n) is 2.69. The standard InChI is InChI=1S/C17H23NO4/c1-12(2)22-15-7-5-13(6-8-15)16(19)11-18-9-3-4-14(10-18)17(20)21/h5-8,12,14H,3-4,9-11H2,1-2H3,(H,20,21). The number of piperidine rings is 1. The molecular weight excluding hydrogens is 282 g/mol. The van der Waals surface area contributed by atoms with Crippen molar-refractivity contribution >= 4 is 11.8 Å². The van der Waals surface area contributed by atoms with Gasteiger partial charge in [-0.1, -0.05) is 0 Å². The molecule has 1 aromatic carbocycles. The van der Waals surface area contributed by atoms with Crippen molar-refractivity contribution in [3.05, 3.63) is 29.8 Å². The van der Waals surface area contributed by atoms with E-state index in [2.05, 4.69) is 0 Å². The molecule has 1 fully saturated rings. The zero-order valence-electron chi connectivity index (χ0n) is 13.1. The van der Waals surface area contributed by atoms with Crippen molar-refractivity contribution in [1.82, 2.24) is 4.90 Å². The summed E-state index contributed by atoms with van der Waals surface area (Å²) >= 11 is 0. The summed E-state index contributed by atoms with van der Waals surface area (Å²) in [5.41, 5.74) is 0.633. The molecule has 1 N–H and O–H groups in total. The van der Waals surface area contributed by atoms with Crippen LogP contribution in [0.2, 0.25) is 0 Å². The number of likely N-dealkylation sites (tertiary alicyclic amines) is 1. The minimum atomic E-state index is -0.771. The maximum Gasteiger partial charge on any atom is 0.307 e. The van der Waals surface area contributed by atoms with E-state index < -0.39 is 5.97 Å². The lowest BCUT2D eigenvalue weighted by Gasteiger charge is -2.29. The SMILES string of the molecule is CC(C)Oc1ccc(C(=O)CN2CCCC(C(=O)O)C2)cc1. The molecule has 120 valence electrons. The molecule has 1 aliphatic rings. The molecule has 1 heterocycles. The van der Waals surface area contributed by atoms with Crippen LogP contribution < -0.4 is 4.74 Å². The highest BCUT2D eigenvalue weighted by atomic mass is 16.5. The molecule has 1 atom stereocenters. The molecule has 0 aliphatic carbocycles. The minimum absolute atomic E-state index is 0.0159. The number of aliphatic carboxylic acids is 1. The van der Waals surface area contributed by atoms with Crippen molar-refractivity contribution < 1.29 is 19.4 Å². The van der Waals surface area contributed by atoms with Gasteiger partial charge in [0.15, 0.2) is 5.78 Å². The predicted molar refractivity (Wildman–Crippen MR) is 83.3 cm³/mol. The van der Waals surface area contributed by atoms with Gasteiger partial charge < -0.3 is 9.84 Å². The summed E-state index contributed by atoms with van der Waals surface area (Å²) in [5.74, 6) is -0.367. The smallest absolute Gasteiger partial charge is 0.307 e. The second-order valence-electron chi connectivity index (χ2n) is 6.03. The Labute approximate surface area is 130 Å². The maximum absolute atomic E-state index is 12.3. The van der Waals surface area contributed by atoms with Gasteiger partial charge in [-0.05, 0) is 57.5 Å². The first kappa shape index (κ1) is 16.5. The second kappa shape index (κ2) is 7.40. The molecule has 2 rings (SSSR count). The van der Waals surface area contributed by atoms with Gasteiger partial charge in [0.05, 0.1) is 18.6 Å². The van der Waals surface area contributed by atoms with Gasteiger partial charge in [-0.2, -0.15) is 0 Å². The molecule has 0 bridgehead atoms. The summed E-state index contributed by atoms with van der Waals surface area (Å²) in [5, 5.41) is 9.08. The molecule has 0 spiro atoms. The third-order valence-electron chi connectivity index (χ3n) is 3.77. The van der Waals surface area contributed by atoms with Crippen LogP contribution in [0.25, 0.3) is 0 Å². The molecule has 1 aromatic rings. The number of ether oxygens (including phenoxy) is 1. The Morgan fingerprint density at radius 3 is 2.59 bits per heavy atom. The molecule has 5 nitrogen and oxygen atoms in total. The van der Waals surface area contributed by atoms with Gasteiger partial charge in [0.1, 0.15) is 5.75 Å². The Kier molecular flexibility index (Phi) is 5.55. The van der Waals surface area contributed by atoms with Crippen molar-refractivity contribution in [3.63, 3.8) is 0 Å². The summed E-state index contributed by atoms with van der Waals surface area (Å²) in [7, 11) is 0. The zero-order chi connectivity index (χ0) is 16.1. The van der Waals surface area contributed by atoms with E-state index in [4.69, 9.17) is 9.84 Å². The molecule has 22 heavy (non-hydrogen) atoms. The lowest BCUT2D eigenvalue weighted by molar-refractivity contribution is -0.143. The number of carboxylic acid groups (broad SMARTS) is 1. The Morgan fingerprint density at radius 2 is 2.00 bits per heavy atom. The van der Waals surface area contributed by atoms with Gasteiger partial charge in [-0.3, -0.25) is 14.5 Å². The van der Waals surface area contributed by atoms with E-state index >= 15 is 0 Å². The predicted octanol–water partition coefficient (Wildman–Crippen LogP) is 2.45. The fourth-order valence-corrected chi connectivity index (χ4v) is 2.69. The minimum Gasteiger partial charge on any atom is -0.491 e. The molecule has 1 unspecified atom stereocenters. The van der Waals surface area contributed by atoms with Gasteiger partial charge in [0.25, 0.3) is 0 Å². The summed E-state index contributed by atoms with van der Waals surface area (Å²) in [6.45, 7) is 5.41. The van der Waals surface area contributed by atoms with E-state index in [1.165, 1.54) is 0 Å². The third kappa shape index (κ3) is 4.56. The lowest BCUT2D eigenvalue weighted by Crippen LogP contribution is -2.41. The van der Waals surface area contributed by atoms with Gasteiger partial charge in [-0.25, -0.2) is 0 Å². The zero-order valence-corrected chi connectivity index (χ0v) is 13.1. The number of carbonyl (C=O) groups is 2. The number of hydrogen-bond donors (Lipinski definition) is 1. The number of benzene rings is 1. The monoisotopic (exact) mass is 305 g/mol. The van der Waals surface area contributed by atoms with Crippen LogP contribution in [0.15, 0.2) is 24.3 Å². The van der Waals surface area contributed by atoms with E-state index in [1.807, 2.05) is 18.7 Å². The van der Waals surface area contributed by atoms with E-state index in [-0.39, 0.29) is 24.3 Å². The number of ketones is 1. The molecule has 5 heteroatoms. The average molecular weight is 305 g/mol. The van der Waals surface area contributed by atoms with Gasteiger partial charge >= 0.3 is 5.97 Å². The Bertz CT molecular complexity index is 524. The van der Waals surface area contributed by atoms with Crippen LogP contribution >= 0.6 is 0 Å². The van der Waals surface area contributed by atoms with Crippen LogP contribution in [0.5, 0.6) is 5.75 Å². The highest BCUT2D eigenvalue weighted by molar-refractivity contribution is 5.97. The maximum atomic E-state index is 12.3. The number of rotatable bonds is 6. The Morgan fingerprint density at radius 1 is 1.32 bits per heavy atom. The van der Waals surface area contributed by atoms with E-state index in [1.54, 1.807) is 24.3 Å². The van der Waals surface area contributed by atoms with Gasteiger partial charge in [0, 0.05) is 12.1 Å². The quantitative estimate of drug-likeness (QED) is 0.818. The molecule has 0 saturated carbocycles. The van der Waals surface area contributed by atoms with Crippen molar-refractivity contribution in [2.75, 3.05) is 19.6 Å². The van der Waals surface area contributed by atoms with Crippen LogP contribution in [-0.2, 0) is 4.79 Å². The Hall–Kier alpha value is -1.88. The fraction of sp³-hybridized carbons (Fsp3) is 0.529. The largest absolute Gasteiger partial charge is 0.491 e. The first-order chi connectivity index (χ1) is 10.5. The number of hydrogen-bond acceptors (Lipinski definition) is 4. The first-order valence-electron chi connectivity index (χ1n) is 7.71. The van der Waals surface area contributed by atoms with Crippen LogP contribution in [0.3, 0.4) is 0 Å². The number of nitrogens with zero attached hydrogens (tertiary/aromatic N) is 1. The molecule has 1 aliphatic heterocycles. The van der Waals surface area contributed by atoms with Gasteiger partial charge in [0.2, 0.25) is 0 Å². The van der Waals surface area contributed by atoms with Crippen LogP contribution in [0.4, 0.5) is 0 Å². The second-order valence-corrected chi connectivity index (χ2v) is 6.03.